The number of hydrogen-bond acceptors (Lipinski definition) is 2. The van der Waals surface area contributed by atoms with E-state index in [2.05, 4.69) is 64.9 Å². The van der Waals surface area contributed by atoms with Crippen molar-refractivity contribution in [2.24, 2.45) is 57.4 Å². The first-order valence-electron chi connectivity index (χ1n) is 13.5. The molecule has 2 heteroatoms. The topological polar surface area (TPSA) is 29.4 Å². The summed E-state index contributed by atoms with van der Waals surface area (Å²) in [7, 11) is 0. The third-order valence-electron chi connectivity index (χ3n) is 10.9. The number of allylic oxidation sites excluding steroid dienone is 3. The molecule has 0 heterocycles. The highest BCUT2D eigenvalue weighted by molar-refractivity contribution is 5.26. The van der Waals surface area contributed by atoms with Crippen LogP contribution in [0.15, 0.2) is 29.0 Å². The fourth-order valence-electron chi connectivity index (χ4n) is 8.98. The molecule has 174 valence electrons. The summed E-state index contributed by atoms with van der Waals surface area (Å²) in [6, 6.07) is -0.0604. The molecule has 0 spiro atoms. The minimum Gasteiger partial charge on any atom is -0.150 e. The normalized spacial score (nSPS) is 44.4. The van der Waals surface area contributed by atoms with Gasteiger partial charge in [0.25, 0.3) is 0 Å². The van der Waals surface area contributed by atoms with Crippen LogP contribution in [-0.4, -0.2) is 6.04 Å². The van der Waals surface area contributed by atoms with E-state index in [1.807, 2.05) is 0 Å². The highest BCUT2D eigenvalue weighted by atomic mass is 16.3. The maximum absolute atomic E-state index is 11.2. The van der Waals surface area contributed by atoms with Gasteiger partial charge < -0.3 is 0 Å². The molecule has 3 saturated carbocycles. The second-order valence-electron chi connectivity index (χ2n) is 12.5. The van der Waals surface area contributed by atoms with Crippen LogP contribution >= 0.6 is 0 Å². The van der Waals surface area contributed by atoms with Crippen LogP contribution in [0.5, 0.6) is 0 Å². The van der Waals surface area contributed by atoms with Gasteiger partial charge in [-0.15, -0.1) is 0 Å². The van der Waals surface area contributed by atoms with Gasteiger partial charge in [0, 0.05) is 0 Å². The lowest BCUT2D eigenvalue weighted by Crippen LogP contribution is -2.51. The number of hydrogen-bond donors (Lipinski definition) is 0. The minimum absolute atomic E-state index is 0.0604. The smallest absolute Gasteiger partial charge is 0.110 e. The molecule has 0 aromatic heterocycles. The monoisotopic (exact) mass is 425 g/mol. The van der Waals surface area contributed by atoms with Crippen molar-refractivity contribution in [3.8, 4) is 0 Å². The van der Waals surface area contributed by atoms with Gasteiger partial charge in [-0.2, -0.15) is 4.91 Å². The van der Waals surface area contributed by atoms with Crippen molar-refractivity contribution in [3.63, 3.8) is 0 Å². The van der Waals surface area contributed by atoms with E-state index in [1.54, 1.807) is 5.57 Å². The zero-order valence-corrected chi connectivity index (χ0v) is 21.1. The Balaban J connectivity index is 1.52. The summed E-state index contributed by atoms with van der Waals surface area (Å²) in [5.74, 6) is 5.63. The van der Waals surface area contributed by atoms with Crippen LogP contribution in [0.3, 0.4) is 0 Å². The standard InChI is InChI=1S/C29H47NO/c1-7-21(19(2)3)9-8-20(4)25-12-13-26-24-11-10-22-18-23(30-31)14-16-28(22,5)27(24)15-17-29(25,26)6/h8-9,18-21,23-27H,7,10-17H2,1-6H3/t20-,21?,23?,24+,25-,26+,27+,28+,29-/m1/s1. The van der Waals surface area contributed by atoms with Crippen LogP contribution in [-0.2, 0) is 0 Å². The first-order valence-corrected chi connectivity index (χ1v) is 13.5. The summed E-state index contributed by atoms with van der Waals surface area (Å²) in [4.78, 5) is 11.2. The second-order valence-corrected chi connectivity index (χ2v) is 12.5. The molecule has 0 saturated heterocycles. The summed E-state index contributed by atoms with van der Waals surface area (Å²) >= 11 is 0. The van der Waals surface area contributed by atoms with Gasteiger partial charge in [0.1, 0.15) is 6.04 Å². The Morgan fingerprint density at radius 3 is 2.48 bits per heavy atom. The Morgan fingerprint density at radius 1 is 1.03 bits per heavy atom. The highest BCUT2D eigenvalue weighted by Crippen LogP contribution is 2.67. The summed E-state index contributed by atoms with van der Waals surface area (Å²) in [5.41, 5.74) is 2.43. The van der Waals surface area contributed by atoms with Crippen LogP contribution in [0.4, 0.5) is 0 Å². The highest BCUT2D eigenvalue weighted by Gasteiger charge is 2.59. The van der Waals surface area contributed by atoms with E-state index >= 15 is 0 Å². The van der Waals surface area contributed by atoms with E-state index in [1.165, 1.54) is 51.4 Å². The molecule has 0 aromatic carbocycles. The molecule has 4 aliphatic rings. The van der Waals surface area contributed by atoms with Crippen LogP contribution < -0.4 is 0 Å². The lowest BCUT2D eigenvalue weighted by atomic mass is 9.46. The van der Waals surface area contributed by atoms with Gasteiger partial charge in [0.15, 0.2) is 0 Å². The average molecular weight is 426 g/mol. The Hall–Kier alpha value is -0.920. The Bertz CT molecular complexity index is 722. The van der Waals surface area contributed by atoms with Crippen LogP contribution in [0.1, 0.15) is 99.3 Å². The molecule has 0 N–H and O–H groups in total. The largest absolute Gasteiger partial charge is 0.150 e. The van der Waals surface area contributed by atoms with Crippen molar-refractivity contribution in [2.45, 2.75) is 105 Å². The third-order valence-corrected chi connectivity index (χ3v) is 10.9. The van der Waals surface area contributed by atoms with Crippen molar-refractivity contribution >= 4 is 0 Å². The van der Waals surface area contributed by atoms with Gasteiger partial charge in [-0.05, 0) is 110 Å². The maximum Gasteiger partial charge on any atom is 0.110 e. The lowest BCUT2D eigenvalue weighted by Gasteiger charge is -2.58. The fourth-order valence-corrected chi connectivity index (χ4v) is 8.98. The molecule has 4 rings (SSSR count). The first-order chi connectivity index (χ1) is 14.7. The van der Waals surface area contributed by atoms with Crippen molar-refractivity contribution in [3.05, 3.63) is 28.7 Å². The van der Waals surface area contributed by atoms with E-state index in [0.717, 1.165) is 41.9 Å². The summed E-state index contributed by atoms with van der Waals surface area (Å²) in [6.45, 7) is 14.8. The summed E-state index contributed by atoms with van der Waals surface area (Å²) < 4.78 is 0. The Kier molecular flexibility index (Phi) is 6.59. The molecule has 0 aromatic rings. The van der Waals surface area contributed by atoms with Gasteiger partial charge in [0.05, 0.1) is 0 Å². The molecule has 2 nitrogen and oxygen atoms in total. The summed E-state index contributed by atoms with van der Waals surface area (Å²) in [6.07, 6.45) is 19.0. The van der Waals surface area contributed by atoms with Crippen molar-refractivity contribution in [2.75, 3.05) is 0 Å². The zero-order valence-electron chi connectivity index (χ0n) is 21.1. The molecule has 0 amide bonds. The van der Waals surface area contributed by atoms with Gasteiger partial charge >= 0.3 is 0 Å². The van der Waals surface area contributed by atoms with E-state index in [4.69, 9.17) is 0 Å². The van der Waals surface area contributed by atoms with Crippen molar-refractivity contribution < 1.29 is 0 Å². The molecule has 0 aliphatic heterocycles. The van der Waals surface area contributed by atoms with Crippen molar-refractivity contribution in [1.29, 1.82) is 0 Å². The lowest BCUT2D eigenvalue weighted by molar-refractivity contribution is -0.0562. The number of nitroso groups, excluding NO2 is 1. The number of fused-ring (bicyclic) bond motifs is 5. The molecular formula is C29H47NO. The van der Waals surface area contributed by atoms with Gasteiger partial charge in [0.2, 0.25) is 0 Å². The molecule has 9 atom stereocenters. The second kappa shape index (κ2) is 8.79. The van der Waals surface area contributed by atoms with Crippen LogP contribution in [0, 0.1) is 57.2 Å². The Morgan fingerprint density at radius 2 is 1.81 bits per heavy atom. The fraction of sp³-hybridized carbons (Fsp3) is 0.862. The number of nitrogens with zero attached hydrogens (tertiary/aromatic N) is 1. The van der Waals surface area contributed by atoms with Crippen LogP contribution in [0.2, 0.25) is 0 Å². The van der Waals surface area contributed by atoms with Crippen LogP contribution in [0.25, 0.3) is 0 Å². The van der Waals surface area contributed by atoms with Gasteiger partial charge in [-0.25, -0.2) is 0 Å². The molecule has 31 heavy (non-hydrogen) atoms. The third kappa shape index (κ3) is 3.89. The van der Waals surface area contributed by atoms with E-state index in [-0.39, 0.29) is 6.04 Å². The Labute approximate surface area is 191 Å². The number of rotatable bonds is 6. The summed E-state index contributed by atoms with van der Waals surface area (Å²) in [5, 5.41) is 3.38. The molecule has 0 radical (unpaired) electrons. The zero-order chi connectivity index (χ0) is 22.4. The predicted molar refractivity (Wildman–Crippen MR) is 132 cm³/mol. The van der Waals surface area contributed by atoms with E-state index in [9.17, 15) is 4.91 Å². The molecule has 0 bridgehead atoms. The van der Waals surface area contributed by atoms with Crippen molar-refractivity contribution in [1.82, 2.24) is 0 Å². The molecule has 4 aliphatic carbocycles. The average Bonchev–Trinajstić information content (AvgIpc) is 3.10. The first kappa shape index (κ1) is 23.2. The minimum atomic E-state index is -0.0604. The molecule has 3 fully saturated rings. The maximum atomic E-state index is 11.2. The van der Waals surface area contributed by atoms with E-state index in [0.29, 0.717) is 16.7 Å². The molecule has 2 unspecified atom stereocenters. The SMILES string of the molecule is CCC(C=C[C@@H](C)[C@H]1CC[C@H]2[C@@H]3CCC4=CC(N=O)CC[C@]4(C)[C@H]3CC[C@]12C)C(C)C. The molecular weight excluding hydrogens is 378 g/mol. The van der Waals surface area contributed by atoms with Gasteiger partial charge in [-0.1, -0.05) is 70.5 Å². The van der Waals surface area contributed by atoms with Gasteiger partial charge in [-0.3, -0.25) is 0 Å². The quantitative estimate of drug-likeness (QED) is 0.309. The van der Waals surface area contributed by atoms with E-state index < -0.39 is 0 Å². The predicted octanol–water partition coefficient (Wildman–Crippen LogP) is 8.57.